The molecule has 1 nitrogen and oxygen atoms in total. The minimum Gasteiger partial charge on any atom is -0.344 e. The molecular weight excluding hydrogens is 244 g/mol. The third-order valence-corrected chi connectivity index (χ3v) is 3.28. The van der Waals surface area contributed by atoms with Crippen LogP contribution in [0.2, 0.25) is 0 Å². The van der Waals surface area contributed by atoms with Crippen LogP contribution in [-0.2, 0) is 0 Å². The van der Waals surface area contributed by atoms with E-state index in [-0.39, 0.29) is 23.7 Å². The van der Waals surface area contributed by atoms with Crippen molar-refractivity contribution < 1.29 is 8.78 Å². The van der Waals surface area contributed by atoms with Gasteiger partial charge >= 0.3 is 0 Å². The molecule has 0 aromatic heterocycles. The number of rotatable bonds is 3. The van der Waals surface area contributed by atoms with Crippen LogP contribution in [0, 0.1) is 18.6 Å². The Morgan fingerprint density at radius 1 is 1.00 bits per heavy atom. The molecular formula is C16H19F2N. The average Bonchev–Trinajstić information content (AvgIpc) is 2.35. The maximum atomic E-state index is 13.4. The highest BCUT2D eigenvalue weighted by molar-refractivity contribution is 5.37. The summed E-state index contributed by atoms with van der Waals surface area (Å²) in [5.41, 5.74) is 2.86. The van der Waals surface area contributed by atoms with Crippen molar-refractivity contribution >= 4 is 0 Å². The molecule has 0 aliphatic rings. The van der Waals surface area contributed by atoms with E-state index in [9.17, 15) is 8.78 Å². The van der Waals surface area contributed by atoms with Crippen molar-refractivity contribution in [2.24, 2.45) is 0 Å². The normalized spacial score (nSPS) is 11.8. The summed E-state index contributed by atoms with van der Waals surface area (Å²) in [6.45, 7) is 3.98. The van der Waals surface area contributed by atoms with Gasteiger partial charge in [0, 0.05) is 5.92 Å². The summed E-state index contributed by atoms with van der Waals surface area (Å²) in [6.07, 6.45) is 0.813. The second-order valence-electron chi connectivity index (χ2n) is 4.52. The van der Waals surface area contributed by atoms with E-state index in [4.69, 9.17) is 0 Å². The molecule has 0 fully saturated rings. The Hall–Kier alpha value is -1.74. The van der Waals surface area contributed by atoms with Gasteiger partial charge in [-0.1, -0.05) is 25.1 Å². The number of benzene rings is 2. The molecule has 0 amide bonds. The third-order valence-electron chi connectivity index (χ3n) is 3.28. The molecule has 0 aliphatic heterocycles. The highest BCUT2D eigenvalue weighted by atomic mass is 19.1. The standard InChI is InChI=1S/C16H16F2.H3N/c1-3-15(12-5-4-6-13(17)9-12)16-10-14(18)8-7-11(16)2;/h4-10,15H,3H2,1-2H3;1H3. The van der Waals surface area contributed by atoms with Crippen LogP contribution in [0.4, 0.5) is 8.78 Å². The lowest BCUT2D eigenvalue weighted by atomic mass is 9.86. The average molecular weight is 263 g/mol. The Kier molecular flexibility index (Phi) is 5.19. The predicted octanol–water partition coefficient (Wildman–Crippen LogP) is 4.98. The fraction of sp³-hybridized carbons (Fsp3) is 0.250. The maximum Gasteiger partial charge on any atom is 0.123 e. The minimum absolute atomic E-state index is 0. The van der Waals surface area contributed by atoms with Crippen LogP contribution < -0.4 is 6.15 Å². The zero-order valence-corrected chi connectivity index (χ0v) is 11.3. The molecule has 2 aromatic carbocycles. The highest BCUT2D eigenvalue weighted by Crippen LogP contribution is 2.30. The van der Waals surface area contributed by atoms with Crippen molar-refractivity contribution in [3.63, 3.8) is 0 Å². The smallest absolute Gasteiger partial charge is 0.123 e. The van der Waals surface area contributed by atoms with E-state index in [1.54, 1.807) is 18.2 Å². The summed E-state index contributed by atoms with van der Waals surface area (Å²) in [6, 6.07) is 11.3. The van der Waals surface area contributed by atoms with E-state index < -0.39 is 0 Å². The fourth-order valence-electron chi connectivity index (χ4n) is 2.35. The van der Waals surface area contributed by atoms with Gasteiger partial charge in [-0.25, -0.2) is 8.78 Å². The molecule has 0 saturated heterocycles. The first-order valence-corrected chi connectivity index (χ1v) is 6.13. The SMILES string of the molecule is CCC(c1cccc(F)c1)c1cc(F)ccc1C.N. The minimum atomic E-state index is -0.250. The van der Waals surface area contributed by atoms with Gasteiger partial charge in [-0.05, 0) is 54.3 Å². The summed E-state index contributed by atoms with van der Waals surface area (Å²) in [7, 11) is 0. The Morgan fingerprint density at radius 3 is 2.32 bits per heavy atom. The molecule has 102 valence electrons. The Balaban J connectivity index is 0.00000180. The van der Waals surface area contributed by atoms with E-state index in [2.05, 4.69) is 0 Å². The zero-order valence-electron chi connectivity index (χ0n) is 11.3. The first-order chi connectivity index (χ1) is 8.61. The van der Waals surface area contributed by atoms with Crippen molar-refractivity contribution in [2.75, 3.05) is 0 Å². The Morgan fingerprint density at radius 2 is 1.68 bits per heavy atom. The van der Waals surface area contributed by atoms with E-state index in [0.717, 1.165) is 23.1 Å². The topological polar surface area (TPSA) is 35.0 Å². The second kappa shape index (κ2) is 6.43. The van der Waals surface area contributed by atoms with E-state index in [1.165, 1.54) is 18.2 Å². The van der Waals surface area contributed by atoms with E-state index in [0.29, 0.717) is 0 Å². The van der Waals surface area contributed by atoms with Crippen LogP contribution in [0.5, 0.6) is 0 Å². The third kappa shape index (κ3) is 3.38. The summed E-state index contributed by atoms with van der Waals surface area (Å²) in [5.74, 6) is -0.457. The van der Waals surface area contributed by atoms with Gasteiger partial charge in [-0.3, -0.25) is 0 Å². The van der Waals surface area contributed by atoms with Crippen LogP contribution in [0.3, 0.4) is 0 Å². The van der Waals surface area contributed by atoms with Gasteiger partial charge in [-0.2, -0.15) is 0 Å². The van der Waals surface area contributed by atoms with Gasteiger partial charge in [0.05, 0.1) is 0 Å². The number of hydrogen-bond acceptors (Lipinski definition) is 1. The first kappa shape index (κ1) is 15.3. The van der Waals surface area contributed by atoms with Gasteiger partial charge in [0.2, 0.25) is 0 Å². The summed E-state index contributed by atoms with van der Waals surface area (Å²) in [5, 5.41) is 0. The Bertz CT molecular complexity index is 552. The number of hydrogen-bond donors (Lipinski definition) is 1. The largest absolute Gasteiger partial charge is 0.344 e. The van der Waals surface area contributed by atoms with Gasteiger partial charge in [0.15, 0.2) is 0 Å². The highest BCUT2D eigenvalue weighted by Gasteiger charge is 2.15. The maximum absolute atomic E-state index is 13.4. The molecule has 0 heterocycles. The monoisotopic (exact) mass is 263 g/mol. The van der Waals surface area contributed by atoms with Crippen LogP contribution in [0.15, 0.2) is 42.5 Å². The molecule has 0 aliphatic carbocycles. The molecule has 3 N–H and O–H groups in total. The lowest BCUT2D eigenvalue weighted by molar-refractivity contribution is 0.616. The Labute approximate surface area is 112 Å². The first-order valence-electron chi connectivity index (χ1n) is 6.13. The summed E-state index contributed by atoms with van der Waals surface area (Å²) >= 11 is 0. The molecule has 3 heteroatoms. The van der Waals surface area contributed by atoms with Gasteiger partial charge < -0.3 is 6.15 Å². The van der Waals surface area contributed by atoms with Gasteiger partial charge in [0.25, 0.3) is 0 Å². The predicted molar refractivity (Wildman–Crippen MR) is 74.7 cm³/mol. The van der Waals surface area contributed by atoms with Crippen molar-refractivity contribution in [3.05, 3.63) is 70.8 Å². The zero-order chi connectivity index (χ0) is 13.1. The molecule has 1 atom stereocenters. The number of halogens is 2. The molecule has 0 spiro atoms. The van der Waals surface area contributed by atoms with Gasteiger partial charge in [-0.15, -0.1) is 0 Å². The van der Waals surface area contributed by atoms with Crippen molar-refractivity contribution in [1.82, 2.24) is 6.15 Å². The summed E-state index contributed by atoms with van der Waals surface area (Å²) < 4.78 is 26.7. The van der Waals surface area contributed by atoms with E-state index in [1.807, 2.05) is 19.9 Å². The fourth-order valence-corrected chi connectivity index (χ4v) is 2.35. The summed E-state index contributed by atoms with van der Waals surface area (Å²) in [4.78, 5) is 0. The van der Waals surface area contributed by atoms with Crippen LogP contribution in [0.1, 0.15) is 36.0 Å². The second-order valence-corrected chi connectivity index (χ2v) is 4.52. The quantitative estimate of drug-likeness (QED) is 0.833. The molecule has 2 rings (SSSR count). The van der Waals surface area contributed by atoms with Crippen LogP contribution in [0.25, 0.3) is 0 Å². The lowest BCUT2D eigenvalue weighted by Crippen LogP contribution is -2.03. The molecule has 19 heavy (non-hydrogen) atoms. The van der Waals surface area contributed by atoms with E-state index >= 15 is 0 Å². The number of aryl methyl sites for hydroxylation is 1. The molecule has 0 bridgehead atoms. The van der Waals surface area contributed by atoms with Crippen molar-refractivity contribution in [3.8, 4) is 0 Å². The molecule has 2 aromatic rings. The lowest BCUT2D eigenvalue weighted by Gasteiger charge is -2.18. The molecule has 0 saturated carbocycles. The van der Waals surface area contributed by atoms with Gasteiger partial charge in [0.1, 0.15) is 11.6 Å². The molecule has 1 unspecified atom stereocenters. The molecule has 0 radical (unpaired) electrons. The van der Waals surface area contributed by atoms with Crippen molar-refractivity contribution in [2.45, 2.75) is 26.2 Å². The van der Waals surface area contributed by atoms with Crippen LogP contribution >= 0.6 is 0 Å². The van der Waals surface area contributed by atoms with Crippen molar-refractivity contribution in [1.29, 1.82) is 0 Å². The van der Waals surface area contributed by atoms with Crippen LogP contribution in [-0.4, -0.2) is 0 Å².